The lowest BCUT2D eigenvalue weighted by Crippen LogP contribution is -2.35. The van der Waals surface area contributed by atoms with E-state index < -0.39 is 0 Å². The summed E-state index contributed by atoms with van der Waals surface area (Å²) in [7, 11) is 0. The van der Waals surface area contributed by atoms with Crippen LogP contribution in [0.5, 0.6) is 0 Å². The summed E-state index contributed by atoms with van der Waals surface area (Å²) in [5.74, 6) is 0.314. The third-order valence-corrected chi connectivity index (χ3v) is 3.44. The third kappa shape index (κ3) is 2.18. The maximum absolute atomic E-state index is 5.70. The minimum atomic E-state index is 0.0735. The largest absolute Gasteiger partial charge is 0.387 e. The van der Waals surface area contributed by atoms with Gasteiger partial charge in [0.05, 0.1) is 11.6 Å². The van der Waals surface area contributed by atoms with Crippen LogP contribution in [0.4, 0.5) is 0 Å². The molecule has 0 saturated heterocycles. The minimum Gasteiger partial charge on any atom is -0.387 e. The average Bonchev–Trinajstić information content (AvgIpc) is 2.57. The summed E-state index contributed by atoms with van der Waals surface area (Å²) < 4.78 is 0. The van der Waals surface area contributed by atoms with Crippen LogP contribution in [-0.4, -0.2) is 11.8 Å². The SMILES string of the molecule is CC(C)(C)C1=CC=CC2C(C(C)(C)C)=NOC12. The summed E-state index contributed by atoms with van der Waals surface area (Å²) >= 11 is 0. The van der Waals surface area contributed by atoms with Crippen LogP contribution in [0.15, 0.2) is 29.0 Å². The molecule has 0 radical (unpaired) electrons. The van der Waals surface area contributed by atoms with Crippen molar-refractivity contribution >= 4 is 5.71 Å². The van der Waals surface area contributed by atoms with E-state index in [2.05, 4.69) is 64.9 Å². The predicted octanol–water partition coefficient (Wildman–Crippen LogP) is 3.95. The normalized spacial score (nSPS) is 28.4. The molecule has 17 heavy (non-hydrogen) atoms. The molecule has 2 rings (SSSR count). The van der Waals surface area contributed by atoms with Crippen molar-refractivity contribution in [3.63, 3.8) is 0 Å². The predicted molar refractivity (Wildman–Crippen MR) is 71.9 cm³/mol. The van der Waals surface area contributed by atoms with Gasteiger partial charge in [0.25, 0.3) is 0 Å². The Hall–Kier alpha value is -1.05. The Labute approximate surface area is 104 Å². The summed E-state index contributed by atoms with van der Waals surface area (Å²) in [6.07, 6.45) is 6.66. The first-order valence-electron chi connectivity index (χ1n) is 6.34. The van der Waals surface area contributed by atoms with Crippen LogP contribution in [0.25, 0.3) is 0 Å². The van der Waals surface area contributed by atoms with E-state index in [4.69, 9.17) is 4.84 Å². The zero-order valence-corrected chi connectivity index (χ0v) is 11.7. The molecule has 2 nitrogen and oxygen atoms in total. The fraction of sp³-hybridized carbons (Fsp3) is 0.667. The van der Waals surface area contributed by atoms with Crippen LogP contribution >= 0.6 is 0 Å². The van der Waals surface area contributed by atoms with Gasteiger partial charge < -0.3 is 4.84 Å². The molecule has 1 aliphatic heterocycles. The van der Waals surface area contributed by atoms with E-state index in [1.54, 1.807) is 0 Å². The van der Waals surface area contributed by atoms with Gasteiger partial charge in [-0.1, -0.05) is 64.9 Å². The molecule has 2 heteroatoms. The molecule has 2 atom stereocenters. The Morgan fingerprint density at radius 2 is 1.71 bits per heavy atom. The van der Waals surface area contributed by atoms with E-state index in [1.807, 2.05) is 0 Å². The van der Waals surface area contributed by atoms with Crippen molar-refractivity contribution in [1.82, 2.24) is 0 Å². The highest BCUT2D eigenvalue weighted by Gasteiger charge is 2.43. The van der Waals surface area contributed by atoms with Crippen LogP contribution < -0.4 is 0 Å². The van der Waals surface area contributed by atoms with E-state index in [1.165, 1.54) is 5.57 Å². The van der Waals surface area contributed by atoms with Crippen molar-refractivity contribution < 1.29 is 4.84 Å². The summed E-state index contributed by atoms with van der Waals surface area (Å²) in [6.45, 7) is 13.3. The standard InChI is InChI=1S/C15H23NO/c1-14(2,3)11-9-7-8-10-12(11)17-16-13(10)15(4,5)6/h7-10,12H,1-6H3. The fourth-order valence-electron chi connectivity index (χ4n) is 2.51. The lowest BCUT2D eigenvalue weighted by atomic mass is 9.72. The quantitative estimate of drug-likeness (QED) is 0.621. The highest BCUT2D eigenvalue weighted by Crippen LogP contribution is 2.41. The van der Waals surface area contributed by atoms with Gasteiger partial charge in [-0.15, -0.1) is 0 Å². The van der Waals surface area contributed by atoms with E-state index in [9.17, 15) is 0 Å². The van der Waals surface area contributed by atoms with Gasteiger partial charge in [0.15, 0.2) is 6.10 Å². The molecule has 0 spiro atoms. The summed E-state index contributed by atoms with van der Waals surface area (Å²) in [4.78, 5) is 5.70. The number of allylic oxidation sites excluding steroid dienone is 2. The Balaban J connectivity index is 2.30. The van der Waals surface area contributed by atoms with Crippen molar-refractivity contribution in [3.05, 3.63) is 23.8 Å². The summed E-state index contributed by atoms with van der Waals surface area (Å²) in [5, 5.41) is 4.34. The number of nitrogens with zero attached hydrogens (tertiary/aromatic N) is 1. The number of rotatable bonds is 0. The van der Waals surface area contributed by atoms with Crippen LogP contribution in [0.3, 0.4) is 0 Å². The first-order chi connectivity index (χ1) is 7.71. The molecule has 0 aromatic carbocycles. The number of hydrogen-bond acceptors (Lipinski definition) is 2. The molecule has 0 fully saturated rings. The molecule has 0 aromatic heterocycles. The molecule has 0 N–H and O–H groups in total. The lowest BCUT2D eigenvalue weighted by Gasteiger charge is -2.32. The Bertz CT molecular complexity index is 402. The van der Waals surface area contributed by atoms with Crippen molar-refractivity contribution in [1.29, 1.82) is 0 Å². The van der Waals surface area contributed by atoms with Gasteiger partial charge in [-0.3, -0.25) is 0 Å². The number of fused-ring (bicyclic) bond motifs is 1. The van der Waals surface area contributed by atoms with Crippen LogP contribution in [0.2, 0.25) is 0 Å². The summed E-state index contributed by atoms with van der Waals surface area (Å²) in [5.41, 5.74) is 2.71. The average molecular weight is 233 g/mol. The summed E-state index contributed by atoms with van der Waals surface area (Å²) in [6, 6.07) is 0. The second-order valence-corrected chi connectivity index (χ2v) is 7.04. The lowest BCUT2D eigenvalue weighted by molar-refractivity contribution is 0.0825. The Kier molecular flexibility index (Phi) is 2.72. The third-order valence-electron chi connectivity index (χ3n) is 3.44. The highest BCUT2D eigenvalue weighted by molar-refractivity contribution is 5.94. The van der Waals surface area contributed by atoms with E-state index in [0.29, 0.717) is 5.92 Å². The molecular formula is C15H23NO. The molecule has 0 amide bonds. The maximum Gasteiger partial charge on any atom is 0.161 e. The van der Waals surface area contributed by atoms with Crippen molar-refractivity contribution in [2.24, 2.45) is 21.9 Å². The van der Waals surface area contributed by atoms with Gasteiger partial charge in [-0.25, -0.2) is 0 Å². The van der Waals surface area contributed by atoms with E-state index >= 15 is 0 Å². The molecule has 0 saturated carbocycles. The molecule has 2 unspecified atom stereocenters. The van der Waals surface area contributed by atoms with Crippen LogP contribution in [0.1, 0.15) is 41.5 Å². The van der Waals surface area contributed by atoms with Gasteiger partial charge in [-0.2, -0.15) is 0 Å². The Morgan fingerprint density at radius 3 is 2.24 bits per heavy atom. The molecule has 1 heterocycles. The monoisotopic (exact) mass is 233 g/mol. The molecular weight excluding hydrogens is 210 g/mol. The molecule has 0 bridgehead atoms. The van der Waals surface area contributed by atoms with Gasteiger partial charge in [-0.05, 0) is 11.0 Å². The van der Waals surface area contributed by atoms with Gasteiger partial charge in [0, 0.05) is 5.41 Å². The maximum atomic E-state index is 5.70. The van der Waals surface area contributed by atoms with Crippen molar-refractivity contribution in [2.45, 2.75) is 47.6 Å². The fourth-order valence-corrected chi connectivity index (χ4v) is 2.51. The zero-order valence-electron chi connectivity index (χ0n) is 11.7. The van der Waals surface area contributed by atoms with Gasteiger partial charge in [0.1, 0.15) is 0 Å². The van der Waals surface area contributed by atoms with Crippen LogP contribution in [-0.2, 0) is 4.84 Å². The van der Waals surface area contributed by atoms with Crippen molar-refractivity contribution in [3.8, 4) is 0 Å². The molecule has 2 aliphatic rings. The van der Waals surface area contributed by atoms with Gasteiger partial charge in [0.2, 0.25) is 0 Å². The minimum absolute atomic E-state index is 0.0735. The first kappa shape index (κ1) is 12.4. The molecule has 0 aromatic rings. The van der Waals surface area contributed by atoms with Gasteiger partial charge >= 0.3 is 0 Å². The molecule has 94 valence electrons. The van der Waals surface area contributed by atoms with E-state index in [-0.39, 0.29) is 16.9 Å². The smallest absolute Gasteiger partial charge is 0.161 e. The number of hydrogen-bond donors (Lipinski definition) is 0. The highest BCUT2D eigenvalue weighted by atomic mass is 16.6. The van der Waals surface area contributed by atoms with E-state index in [0.717, 1.165) is 5.71 Å². The first-order valence-corrected chi connectivity index (χ1v) is 6.34. The number of oxime groups is 1. The van der Waals surface area contributed by atoms with Crippen LogP contribution in [0, 0.1) is 16.7 Å². The van der Waals surface area contributed by atoms with Crippen molar-refractivity contribution in [2.75, 3.05) is 0 Å². The Morgan fingerprint density at radius 1 is 1.06 bits per heavy atom. The second-order valence-electron chi connectivity index (χ2n) is 7.04. The topological polar surface area (TPSA) is 21.6 Å². The molecule has 1 aliphatic carbocycles. The zero-order chi connectivity index (χ0) is 12.8. The second kappa shape index (κ2) is 3.72.